The van der Waals surface area contributed by atoms with Crippen molar-refractivity contribution in [1.82, 2.24) is 4.90 Å². The molecule has 0 saturated carbocycles. The zero-order valence-electron chi connectivity index (χ0n) is 19.8. The van der Waals surface area contributed by atoms with Gasteiger partial charge in [0.15, 0.2) is 0 Å². The predicted molar refractivity (Wildman–Crippen MR) is 131 cm³/mol. The lowest BCUT2D eigenvalue weighted by atomic mass is 10.0. The number of amides is 3. The summed E-state index contributed by atoms with van der Waals surface area (Å²) in [7, 11) is 1.28. The third kappa shape index (κ3) is 4.71. The second-order valence-corrected chi connectivity index (χ2v) is 8.49. The maximum atomic E-state index is 13.7. The number of methoxy groups -OCH3 is 1. The first-order valence-electron chi connectivity index (χ1n) is 11.3. The lowest BCUT2D eigenvalue weighted by Crippen LogP contribution is -2.46. The van der Waals surface area contributed by atoms with Crippen LogP contribution in [0.2, 0.25) is 0 Å². The molecule has 1 aliphatic heterocycles. The normalized spacial score (nSPS) is 16.2. The van der Waals surface area contributed by atoms with Gasteiger partial charge >= 0.3 is 5.97 Å². The quantitative estimate of drug-likeness (QED) is 0.396. The smallest absolute Gasteiger partial charge is 0.337 e. The number of nitrogens with zero attached hydrogens (tertiary/aromatic N) is 2. The number of esters is 1. The number of benzene rings is 3. The van der Waals surface area contributed by atoms with Crippen molar-refractivity contribution in [2.75, 3.05) is 12.0 Å². The first-order valence-corrected chi connectivity index (χ1v) is 11.3. The fourth-order valence-electron chi connectivity index (χ4n) is 4.29. The Morgan fingerprint density at radius 1 is 0.914 bits per heavy atom. The van der Waals surface area contributed by atoms with Crippen molar-refractivity contribution in [3.8, 4) is 0 Å². The Balaban J connectivity index is 1.69. The van der Waals surface area contributed by atoms with E-state index in [0.717, 1.165) is 16.0 Å². The molecule has 1 heterocycles. The number of carbonyl (C=O) groups is 4. The molecule has 0 N–H and O–H groups in total. The summed E-state index contributed by atoms with van der Waals surface area (Å²) in [4.78, 5) is 54.6. The van der Waals surface area contributed by atoms with Crippen LogP contribution < -0.4 is 4.90 Å². The first kappa shape index (κ1) is 23.9. The largest absolute Gasteiger partial charge is 0.465 e. The molecule has 0 radical (unpaired) electrons. The topological polar surface area (TPSA) is 84.0 Å². The molecular formula is C28H26N2O5. The molecule has 7 nitrogen and oxygen atoms in total. The number of anilines is 1. The Hall–Kier alpha value is -4.26. The molecule has 2 unspecified atom stereocenters. The van der Waals surface area contributed by atoms with Crippen LogP contribution in [0, 0.1) is 6.92 Å². The van der Waals surface area contributed by atoms with Crippen LogP contribution in [0.4, 0.5) is 5.69 Å². The van der Waals surface area contributed by atoms with Gasteiger partial charge in [0, 0.05) is 5.56 Å². The van der Waals surface area contributed by atoms with E-state index in [9.17, 15) is 19.2 Å². The maximum absolute atomic E-state index is 13.7. The molecule has 35 heavy (non-hydrogen) atoms. The van der Waals surface area contributed by atoms with E-state index >= 15 is 0 Å². The molecule has 3 amide bonds. The van der Waals surface area contributed by atoms with Crippen molar-refractivity contribution in [1.29, 1.82) is 0 Å². The standard InChI is InChI=1S/C28H26N2O5/c1-18-9-11-21(12-10-18)26(32)29(19(2)20-7-5-4-6-8-20)24-17-25(31)30(27(24)33)23-15-13-22(14-16-23)28(34)35-3/h4-16,19,24H,17H2,1-3H3. The van der Waals surface area contributed by atoms with Crippen molar-refractivity contribution in [3.05, 3.63) is 101 Å². The molecule has 0 bridgehead atoms. The maximum Gasteiger partial charge on any atom is 0.337 e. The summed E-state index contributed by atoms with van der Waals surface area (Å²) in [6.07, 6.45) is -0.133. The van der Waals surface area contributed by atoms with Crippen LogP contribution in [0.25, 0.3) is 0 Å². The highest BCUT2D eigenvalue weighted by Gasteiger charge is 2.46. The molecule has 1 saturated heterocycles. The molecule has 3 aromatic rings. The summed E-state index contributed by atoms with van der Waals surface area (Å²) in [6, 6.07) is 21.2. The van der Waals surface area contributed by atoms with Crippen LogP contribution in [-0.2, 0) is 14.3 Å². The summed E-state index contributed by atoms with van der Waals surface area (Å²) in [5.41, 5.74) is 2.96. The molecule has 0 spiro atoms. The summed E-state index contributed by atoms with van der Waals surface area (Å²) in [6.45, 7) is 3.79. The summed E-state index contributed by atoms with van der Waals surface area (Å²) in [5, 5.41) is 0. The molecule has 178 valence electrons. The van der Waals surface area contributed by atoms with Crippen molar-refractivity contribution in [2.45, 2.75) is 32.4 Å². The summed E-state index contributed by atoms with van der Waals surface area (Å²) < 4.78 is 4.71. The monoisotopic (exact) mass is 470 g/mol. The number of carbonyl (C=O) groups excluding carboxylic acids is 4. The van der Waals surface area contributed by atoms with Crippen molar-refractivity contribution in [2.24, 2.45) is 0 Å². The Bertz CT molecular complexity index is 1250. The molecule has 4 rings (SSSR count). The molecule has 2 atom stereocenters. The van der Waals surface area contributed by atoms with Gasteiger partial charge in [0.05, 0.1) is 30.8 Å². The van der Waals surface area contributed by atoms with Crippen molar-refractivity contribution >= 4 is 29.4 Å². The Morgan fingerprint density at radius 2 is 1.51 bits per heavy atom. The van der Waals surface area contributed by atoms with Gasteiger partial charge in [-0.2, -0.15) is 0 Å². The van der Waals surface area contributed by atoms with E-state index < -0.39 is 29.9 Å². The van der Waals surface area contributed by atoms with Crippen LogP contribution >= 0.6 is 0 Å². The number of imide groups is 1. The SMILES string of the molecule is COC(=O)c1ccc(N2C(=O)CC(N(C(=O)c3ccc(C)cc3)C(C)c3ccccc3)C2=O)cc1. The molecule has 3 aromatic carbocycles. The molecule has 1 aliphatic rings. The Labute approximate surface area is 203 Å². The van der Waals surface area contributed by atoms with E-state index in [1.807, 2.05) is 56.3 Å². The number of hydrogen-bond donors (Lipinski definition) is 0. The van der Waals surface area contributed by atoms with Crippen LogP contribution in [0.5, 0.6) is 0 Å². The molecule has 0 aliphatic carbocycles. The highest BCUT2D eigenvalue weighted by molar-refractivity contribution is 6.23. The second kappa shape index (κ2) is 9.93. The fraction of sp³-hybridized carbons (Fsp3) is 0.214. The van der Waals surface area contributed by atoms with Crippen LogP contribution in [0.1, 0.15) is 51.2 Å². The van der Waals surface area contributed by atoms with E-state index in [-0.39, 0.29) is 12.3 Å². The fourth-order valence-corrected chi connectivity index (χ4v) is 4.29. The second-order valence-electron chi connectivity index (χ2n) is 8.49. The number of aryl methyl sites for hydroxylation is 1. The lowest BCUT2D eigenvalue weighted by Gasteiger charge is -2.33. The van der Waals surface area contributed by atoms with Gasteiger partial charge in [0.25, 0.3) is 11.8 Å². The summed E-state index contributed by atoms with van der Waals surface area (Å²) >= 11 is 0. The van der Waals surface area contributed by atoms with Crippen molar-refractivity contribution < 1.29 is 23.9 Å². The van der Waals surface area contributed by atoms with Crippen LogP contribution in [0.3, 0.4) is 0 Å². The van der Waals surface area contributed by atoms with E-state index in [4.69, 9.17) is 4.74 Å². The highest BCUT2D eigenvalue weighted by Crippen LogP contribution is 2.32. The van der Waals surface area contributed by atoms with Gasteiger partial charge in [-0.1, -0.05) is 48.0 Å². The zero-order valence-corrected chi connectivity index (χ0v) is 19.8. The van der Waals surface area contributed by atoms with Crippen molar-refractivity contribution in [3.63, 3.8) is 0 Å². The number of rotatable bonds is 6. The zero-order chi connectivity index (χ0) is 25.1. The van der Waals surface area contributed by atoms with Gasteiger partial charge in [-0.25, -0.2) is 9.69 Å². The van der Waals surface area contributed by atoms with E-state index in [2.05, 4.69) is 0 Å². The molecule has 1 fully saturated rings. The minimum atomic E-state index is -0.966. The Morgan fingerprint density at radius 3 is 2.11 bits per heavy atom. The predicted octanol–water partition coefficient (Wildman–Crippen LogP) is 4.32. The minimum absolute atomic E-state index is 0.133. The Kier molecular flexibility index (Phi) is 6.78. The van der Waals surface area contributed by atoms with Gasteiger partial charge in [0.1, 0.15) is 6.04 Å². The molecular weight excluding hydrogens is 444 g/mol. The third-order valence-corrected chi connectivity index (χ3v) is 6.24. The van der Waals surface area contributed by atoms with E-state index in [1.165, 1.54) is 36.3 Å². The van der Waals surface area contributed by atoms with Gasteiger partial charge in [-0.15, -0.1) is 0 Å². The highest BCUT2D eigenvalue weighted by atomic mass is 16.5. The van der Waals surface area contributed by atoms with Gasteiger partial charge < -0.3 is 9.64 Å². The van der Waals surface area contributed by atoms with Gasteiger partial charge in [-0.05, 0) is 55.8 Å². The average molecular weight is 471 g/mol. The van der Waals surface area contributed by atoms with Crippen LogP contribution in [0.15, 0.2) is 78.9 Å². The molecule has 7 heteroatoms. The minimum Gasteiger partial charge on any atom is -0.465 e. The van der Waals surface area contributed by atoms with E-state index in [0.29, 0.717) is 16.8 Å². The van der Waals surface area contributed by atoms with Gasteiger partial charge in [0.2, 0.25) is 5.91 Å². The lowest BCUT2D eigenvalue weighted by molar-refractivity contribution is -0.122. The third-order valence-electron chi connectivity index (χ3n) is 6.24. The van der Waals surface area contributed by atoms with Gasteiger partial charge in [-0.3, -0.25) is 14.4 Å². The first-order chi connectivity index (χ1) is 16.8. The summed E-state index contributed by atoms with van der Waals surface area (Å²) in [5.74, 6) is -1.73. The number of hydrogen-bond acceptors (Lipinski definition) is 5. The average Bonchev–Trinajstić information content (AvgIpc) is 3.17. The van der Waals surface area contributed by atoms with E-state index in [1.54, 1.807) is 12.1 Å². The number of ether oxygens (including phenoxy) is 1. The van der Waals surface area contributed by atoms with Crippen LogP contribution in [-0.4, -0.2) is 41.7 Å². The molecule has 0 aromatic heterocycles.